The molecule has 2 fully saturated rings. The van der Waals surface area contributed by atoms with E-state index < -0.39 is 0 Å². The monoisotopic (exact) mass is 332 g/mol. The molecule has 132 valence electrons. The predicted molar refractivity (Wildman–Crippen MR) is 91.7 cm³/mol. The van der Waals surface area contributed by atoms with E-state index in [1.165, 1.54) is 19.3 Å². The van der Waals surface area contributed by atoms with E-state index in [9.17, 15) is 9.59 Å². The second-order valence-corrected chi connectivity index (χ2v) is 7.12. The average molecular weight is 332 g/mol. The van der Waals surface area contributed by atoms with Crippen molar-refractivity contribution >= 4 is 11.8 Å². The first kappa shape index (κ1) is 17.0. The lowest BCUT2D eigenvalue weighted by atomic mass is 9.88. The van der Waals surface area contributed by atoms with E-state index >= 15 is 0 Å². The Labute approximate surface area is 143 Å². The van der Waals surface area contributed by atoms with Crippen molar-refractivity contribution < 1.29 is 9.59 Å². The zero-order chi connectivity index (χ0) is 17.3. The van der Waals surface area contributed by atoms with Gasteiger partial charge >= 0.3 is 0 Å². The van der Waals surface area contributed by atoms with Gasteiger partial charge in [-0.1, -0.05) is 19.3 Å². The van der Waals surface area contributed by atoms with E-state index in [0.29, 0.717) is 37.6 Å². The summed E-state index contributed by atoms with van der Waals surface area (Å²) in [6, 6.07) is 0. The second kappa shape index (κ2) is 6.95. The lowest BCUT2D eigenvalue weighted by Crippen LogP contribution is -2.52. The van der Waals surface area contributed by atoms with Gasteiger partial charge in [-0.05, 0) is 26.7 Å². The number of hydrogen-bond acceptors (Lipinski definition) is 3. The summed E-state index contributed by atoms with van der Waals surface area (Å²) in [5, 5.41) is 4.34. The van der Waals surface area contributed by atoms with Crippen LogP contribution in [0.5, 0.6) is 0 Å². The van der Waals surface area contributed by atoms with Crippen LogP contribution >= 0.6 is 0 Å². The van der Waals surface area contributed by atoms with E-state index in [1.807, 2.05) is 30.7 Å². The number of hydrogen-bond donors (Lipinski definition) is 0. The Balaban J connectivity index is 1.60. The molecule has 0 radical (unpaired) electrons. The Hall–Kier alpha value is -1.85. The second-order valence-electron chi connectivity index (χ2n) is 7.12. The van der Waals surface area contributed by atoms with Crippen LogP contribution in [0.15, 0.2) is 0 Å². The Kier molecular flexibility index (Phi) is 4.92. The predicted octanol–water partition coefficient (Wildman–Crippen LogP) is 1.90. The SMILES string of the molecule is Cc1nn(C)c(C)c1C(=O)N1CCN(C(=O)C2CCCCC2)CC1. The van der Waals surface area contributed by atoms with Crippen LogP contribution in [0.25, 0.3) is 0 Å². The van der Waals surface area contributed by atoms with Gasteiger partial charge in [0.1, 0.15) is 0 Å². The van der Waals surface area contributed by atoms with Gasteiger partial charge in [0, 0.05) is 44.8 Å². The number of nitrogens with zero attached hydrogens (tertiary/aromatic N) is 4. The molecular weight excluding hydrogens is 304 g/mol. The van der Waals surface area contributed by atoms with Crippen molar-refractivity contribution in [3.8, 4) is 0 Å². The first-order valence-corrected chi connectivity index (χ1v) is 9.07. The van der Waals surface area contributed by atoms with Crippen molar-refractivity contribution in [1.82, 2.24) is 19.6 Å². The first-order valence-electron chi connectivity index (χ1n) is 9.07. The van der Waals surface area contributed by atoms with Crippen molar-refractivity contribution in [2.75, 3.05) is 26.2 Å². The van der Waals surface area contributed by atoms with E-state index in [2.05, 4.69) is 5.10 Å². The molecule has 0 unspecified atom stereocenters. The molecular formula is C18H28N4O2. The molecule has 6 nitrogen and oxygen atoms in total. The maximum atomic E-state index is 12.8. The fourth-order valence-corrected chi connectivity index (χ4v) is 3.98. The summed E-state index contributed by atoms with van der Waals surface area (Å²) in [7, 11) is 1.86. The Bertz CT molecular complexity index is 623. The average Bonchev–Trinajstić information content (AvgIpc) is 2.87. The largest absolute Gasteiger partial charge is 0.339 e. The standard InChI is InChI=1S/C18H28N4O2/c1-13-16(14(2)20(3)19-13)18(24)22-11-9-21(10-12-22)17(23)15-7-5-4-6-8-15/h15H,4-12H2,1-3H3. The number of carbonyl (C=O) groups excluding carboxylic acids is 2. The highest BCUT2D eigenvalue weighted by atomic mass is 16.2. The number of carbonyl (C=O) groups is 2. The highest BCUT2D eigenvalue weighted by Crippen LogP contribution is 2.26. The highest BCUT2D eigenvalue weighted by Gasteiger charge is 2.31. The van der Waals surface area contributed by atoms with Gasteiger partial charge in [-0.3, -0.25) is 14.3 Å². The maximum absolute atomic E-state index is 12.8. The summed E-state index contributed by atoms with van der Waals surface area (Å²) < 4.78 is 1.76. The van der Waals surface area contributed by atoms with Crippen LogP contribution < -0.4 is 0 Å². The van der Waals surface area contributed by atoms with Crippen LogP contribution in [-0.2, 0) is 11.8 Å². The van der Waals surface area contributed by atoms with E-state index in [4.69, 9.17) is 0 Å². The molecule has 1 aliphatic heterocycles. The van der Waals surface area contributed by atoms with Crippen molar-refractivity contribution in [2.24, 2.45) is 13.0 Å². The fraction of sp³-hybridized carbons (Fsp3) is 0.722. The molecule has 2 heterocycles. The highest BCUT2D eigenvalue weighted by molar-refractivity contribution is 5.96. The Morgan fingerprint density at radius 1 is 0.958 bits per heavy atom. The van der Waals surface area contributed by atoms with E-state index in [1.54, 1.807) is 4.68 Å². The van der Waals surface area contributed by atoms with Crippen LogP contribution in [0.2, 0.25) is 0 Å². The zero-order valence-electron chi connectivity index (χ0n) is 15.0. The Morgan fingerprint density at radius 2 is 1.54 bits per heavy atom. The number of aryl methyl sites for hydroxylation is 2. The van der Waals surface area contributed by atoms with Crippen LogP contribution in [0.1, 0.15) is 53.8 Å². The number of aromatic nitrogens is 2. The zero-order valence-corrected chi connectivity index (χ0v) is 15.0. The number of piperazine rings is 1. The molecule has 24 heavy (non-hydrogen) atoms. The third kappa shape index (κ3) is 3.19. The molecule has 1 aromatic heterocycles. The summed E-state index contributed by atoms with van der Waals surface area (Å²) in [6.07, 6.45) is 5.68. The van der Waals surface area contributed by atoms with Gasteiger partial charge in [0.25, 0.3) is 5.91 Å². The molecule has 1 saturated heterocycles. The molecule has 3 rings (SSSR count). The molecule has 1 saturated carbocycles. The van der Waals surface area contributed by atoms with Gasteiger partial charge in [0.2, 0.25) is 5.91 Å². The van der Waals surface area contributed by atoms with Gasteiger partial charge in [0.15, 0.2) is 0 Å². The third-order valence-electron chi connectivity index (χ3n) is 5.56. The molecule has 0 aromatic carbocycles. The van der Waals surface area contributed by atoms with E-state index in [-0.39, 0.29) is 11.8 Å². The molecule has 6 heteroatoms. The number of amides is 2. The molecule has 2 amide bonds. The van der Waals surface area contributed by atoms with Gasteiger partial charge in [-0.15, -0.1) is 0 Å². The minimum absolute atomic E-state index is 0.0443. The normalized spacial score (nSPS) is 19.6. The van der Waals surface area contributed by atoms with Gasteiger partial charge in [-0.2, -0.15) is 5.10 Å². The number of rotatable bonds is 2. The molecule has 0 bridgehead atoms. The van der Waals surface area contributed by atoms with Gasteiger partial charge in [-0.25, -0.2) is 0 Å². The third-order valence-corrected chi connectivity index (χ3v) is 5.56. The van der Waals surface area contributed by atoms with Gasteiger partial charge in [0.05, 0.1) is 11.3 Å². The molecule has 0 spiro atoms. The van der Waals surface area contributed by atoms with Crippen LogP contribution in [0.4, 0.5) is 0 Å². The van der Waals surface area contributed by atoms with Crippen LogP contribution in [-0.4, -0.2) is 57.6 Å². The van der Waals surface area contributed by atoms with Gasteiger partial charge < -0.3 is 9.80 Å². The topological polar surface area (TPSA) is 58.4 Å². The quantitative estimate of drug-likeness (QED) is 0.831. The van der Waals surface area contributed by atoms with Crippen molar-refractivity contribution in [1.29, 1.82) is 0 Å². The first-order chi connectivity index (χ1) is 11.5. The van der Waals surface area contributed by atoms with Crippen LogP contribution in [0.3, 0.4) is 0 Å². The molecule has 0 atom stereocenters. The molecule has 2 aliphatic rings. The van der Waals surface area contributed by atoms with E-state index in [0.717, 1.165) is 24.2 Å². The summed E-state index contributed by atoms with van der Waals surface area (Å²) >= 11 is 0. The molecule has 0 N–H and O–H groups in total. The fourth-order valence-electron chi connectivity index (χ4n) is 3.98. The lowest BCUT2D eigenvalue weighted by molar-refractivity contribution is -0.138. The summed E-state index contributed by atoms with van der Waals surface area (Å²) in [6.45, 7) is 6.34. The van der Waals surface area contributed by atoms with Crippen molar-refractivity contribution in [3.63, 3.8) is 0 Å². The van der Waals surface area contributed by atoms with Crippen LogP contribution in [0, 0.1) is 19.8 Å². The smallest absolute Gasteiger partial charge is 0.257 e. The molecule has 1 aliphatic carbocycles. The Morgan fingerprint density at radius 3 is 2.08 bits per heavy atom. The van der Waals surface area contributed by atoms with Crippen molar-refractivity contribution in [3.05, 3.63) is 17.0 Å². The van der Waals surface area contributed by atoms with Crippen molar-refractivity contribution in [2.45, 2.75) is 46.0 Å². The maximum Gasteiger partial charge on any atom is 0.257 e. The summed E-state index contributed by atoms with van der Waals surface area (Å²) in [4.78, 5) is 29.2. The summed E-state index contributed by atoms with van der Waals surface area (Å²) in [5.41, 5.74) is 2.39. The summed E-state index contributed by atoms with van der Waals surface area (Å²) in [5.74, 6) is 0.558. The molecule has 1 aromatic rings. The minimum Gasteiger partial charge on any atom is -0.339 e. The lowest BCUT2D eigenvalue weighted by Gasteiger charge is -2.37. The minimum atomic E-state index is 0.0443.